The molecule has 2 N–H and O–H groups in total. The number of anilines is 1. The standard InChI is InChI=1S/C24H22ClF3N2O4S/c1-15-12-18(9-11-22(15)34-2)35(32,33)30-21(13-16-6-4-3-5-7-16)23(31)29-20-10-8-17(25)14-19(20)24(26,27)28/h3-12,14,21,30H,13H2,1-2H3,(H,29,31)/t21-/m0/s1. The van der Waals surface area contributed by atoms with Crippen LogP contribution >= 0.6 is 11.6 Å². The summed E-state index contributed by atoms with van der Waals surface area (Å²) in [5.41, 5.74) is -0.529. The van der Waals surface area contributed by atoms with Gasteiger partial charge in [-0.25, -0.2) is 8.42 Å². The van der Waals surface area contributed by atoms with Crippen LogP contribution in [0.1, 0.15) is 16.7 Å². The summed E-state index contributed by atoms with van der Waals surface area (Å²) in [7, 11) is -2.77. The number of ether oxygens (including phenoxy) is 1. The van der Waals surface area contributed by atoms with Crippen LogP contribution < -0.4 is 14.8 Å². The summed E-state index contributed by atoms with van der Waals surface area (Å²) >= 11 is 5.71. The molecule has 0 fully saturated rings. The molecule has 186 valence electrons. The Bertz CT molecular complexity index is 1320. The van der Waals surface area contributed by atoms with Gasteiger partial charge in [-0.3, -0.25) is 4.79 Å². The van der Waals surface area contributed by atoms with Gasteiger partial charge in [0.15, 0.2) is 0 Å². The number of benzene rings is 3. The fraction of sp³-hybridized carbons (Fsp3) is 0.208. The second-order valence-corrected chi connectivity index (χ2v) is 9.82. The number of sulfonamides is 1. The summed E-state index contributed by atoms with van der Waals surface area (Å²) < 4.78 is 74.1. The number of halogens is 4. The molecule has 1 amide bonds. The Morgan fingerprint density at radius 1 is 1.06 bits per heavy atom. The molecule has 0 aliphatic rings. The quantitative estimate of drug-likeness (QED) is 0.422. The van der Waals surface area contributed by atoms with Crippen molar-refractivity contribution in [2.45, 2.75) is 30.5 Å². The predicted octanol–water partition coefficient (Wildman–Crippen LogP) is 5.20. The Kier molecular flexibility index (Phi) is 8.09. The summed E-state index contributed by atoms with van der Waals surface area (Å²) in [4.78, 5) is 13.0. The normalized spacial score (nSPS) is 12.7. The maximum absolute atomic E-state index is 13.5. The van der Waals surface area contributed by atoms with E-state index in [1.54, 1.807) is 37.3 Å². The number of carbonyl (C=O) groups is 1. The lowest BCUT2D eigenvalue weighted by atomic mass is 10.1. The Morgan fingerprint density at radius 3 is 2.34 bits per heavy atom. The van der Waals surface area contributed by atoms with Gasteiger partial charge in [0.25, 0.3) is 0 Å². The first-order valence-electron chi connectivity index (χ1n) is 10.3. The van der Waals surface area contributed by atoms with Crippen molar-refractivity contribution in [3.05, 3.63) is 88.4 Å². The topological polar surface area (TPSA) is 84.5 Å². The molecule has 1 atom stereocenters. The van der Waals surface area contributed by atoms with Crippen LogP contribution in [0, 0.1) is 6.92 Å². The van der Waals surface area contributed by atoms with E-state index < -0.39 is 39.4 Å². The molecule has 0 radical (unpaired) electrons. The van der Waals surface area contributed by atoms with Crippen LogP contribution in [-0.2, 0) is 27.4 Å². The van der Waals surface area contributed by atoms with Crippen molar-refractivity contribution in [1.29, 1.82) is 0 Å². The minimum atomic E-state index is -4.79. The molecule has 11 heteroatoms. The summed E-state index contributed by atoms with van der Waals surface area (Å²) in [6, 6.07) is 14.1. The van der Waals surface area contributed by atoms with E-state index in [2.05, 4.69) is 10.0 Å². The minimum absolute atomic E-state index is 0.101. The van der Waals surface area contributed by atoms with Gasteiger partial charge in [0.1, 0.15) is 11.8 Å². The van der Waals surface area contributed by atoms with Gasteiger partial charge in [0.2, 0.25) is 15.9 Å². The molecule has 3 aromatic carbocycles. The molecule has 0 saturated heterocycles. The summed E-state index contributed by atoms with van der Waals surface area (Å²) in [6.07, 6.45) is -4.89. The van der Waals surface area contributed by atoms with Gasteiger partial charge in [-0.15, -0.1) is 0 Å². The third kappa shape index (κ3) is 6.74. The molecule has 0 heterocycles. The lowest BCUT2D eigenvalue weighted by Gasteiger charge is -2.21. The first kappa shape index (κ1) is 26.5. The smallest absolute Gasteiger partial charge is 0.418 e. The van der Waals surface area contributed by atoms with Crippen LogP contribution in [0.3, 0.4) is 0 Å². The predicted molar refractivity (Wildman–Crippen MR) is 127 cm³/mol. The fourth-order valence-electron chi connectivity index (χ4n) is 3.39. The molecule has 3 aromatic rings. The highest BCUT2D eigenvalue weighted by atomic mass is 35.5. The van der Waals surface area contributed by atoms with Crippen molar-refractivity contribution < 1.29 is 31.1 Å². The number of alkyl halides is 3. The van der Waals surface area contributed by atoms with E-state index in [1.807, 2.05) is 0 Å². The number of rotatable bonds is 8. The maximum atomic E-state index is 13.5. The summed E-state index contributed by atoms with van der Waals surface area (Å²) in [5, 5.41) is 2.04. The van der Waals surface area contributed by atoms with E-state index in [9.17, 15) is 26.4 Å². The zero-order chi connectivity index (χ0) is 25.8. The second kappa shape index (κ2) is 10.7. The molecule has 3 rings (SSSR count). The van der Waals surface area contributed by atoms with Gasteiger partial charge >= 0.3 is 6.18 Å². The highest BCUT2D eigenvalue weighted by Crippen LogP contribution is 2.36. The van der Waals surface area contributed by atoms with Crippen molar-refractivity contribution in [3.8, 4) is 5.75 Å². The molecule has 0 saturated carbocycles. The SMILES string of the molecule is COc1ccc(S(=O)(=O)N[C@@H](Cc2ccccc2)C(=O)Nc2ccc(Cl)cc2C(F)(F)F)cc1C. The van der Waals surface area contributed by atoms with Gasteiger partial charge in [-0.1, -0.05) is 41.9 Å². The zero-order valence-corrected chi connectivity index (χ0v) is 20.3. The average molecular weight is 527 g/mol. The Morgan fingerprint density at radius 2 is 1.74 bits per heavy atom. The highest BCUT2D eigenvalue weighted by molar-refractivity contribution is 7.89. The number of methoxy groups -OCH3 is 1. The number of hydrogen-bond acceptors (Lipinski definition) is 4. The molecule has 0 bridgehead atoms. The Hall–Kier alpha value is -3.08. The third-order valence-corrected chi connectivity index (χ3v) is 6.82. The van der Waals surface area contributed by atoms with Crippen LogP contribution in [-0.4, -0.2) is 27.5 Å². The maximum Gasteiger partial charge on any atom is 0.418 e. The third-order valence-electron chi connectivity index (χ3n) is 5.12. The number of aryl methyl sites for hydroxylation is 1. The van der Waals surface area contributed by atoms with Crippen molar-refractivity contribution in [2.75, 3.05) is 12.4 Å². The van der Waals surface area contributed by atoms with Gasteiger partial charge < -0.3 is 10.1 Å². The molecule has 6 nitrogen and oxygen atoms in total. The van der Waals surface area contributed by atoms with Crippen molar-refractivity contribution in [3.63, 3.8) is 0 Å². The molecule has 35 heavy (non-hydrogen) atoms. The van der Waals surface area contributed by atoms with E-state index in [-0.39, 0.29) is 16.3 Å². The monoisotopic (exact) mass is 526 g/mol. The molecule has 0 aliphatic heterocycles. The highest BCUT2D eigenvalue weighted by Gasteiger charge is 2.35. The first-order chi connectivity index (χ1) is 16.4. The number of carbonyl (C=O) groups excluding carboxylic acids is 1. The van der Waals surface area contributed by atoms with Gasteiger partial charge in [-0.05, 0) is 60.9 Å². The van der Waals surface area contributed by atoms with Crippen LogP contribution in [0.2, 0.25) is 5.02 Å². The van der Waals surface area contributed by atoms with Crippen LogP contribution in [0.15, 0.2) is 71.6 Å². The van der Waals surface area contributed by atoms with Crippen molar-refractivity contribution in [1.82, 2.24) is 4.72 Å². The Balaban J connectivity index is 1.95. The van der Waals surface area contributed by atoms with E-state index in [1.165, 1.54) is 31.4 Å². The van der Waals surface area contributed by atoms with Crippen LogP contribution in [0.5, 0.6) is 5.75 Å². The van der Waals surface area contributed by atoms with E-state index >= 15 is 0 Å². The van der Waals surface area contributed by atoms with Gasteiger partial charge in [-0.2, -0.15) is 17.9 Å². The van der Waals surface area contributed by atoms with E-state index in [4.69, 9.17) is 16.3 Å². The lowest BCUT2D eigenvalue weighted by molar-refractivity contribution is -0.137. The van der Waals surface area contributed by atoms with Crippen molar-refractivity contribution in [2.24, 2.45) is 0 Å². The minimum Gasteiger partial charge on any atom is -0.496 e. The first-order valence-corrected chi connectivity index (χ1v) is 12.2. The van der Waals surface area contributed by atoms with E-state index in [0.717, 1.165) is 6.07 Å². The number of nitrogens with one attached hydrogen (secondary N) is 2. The molecule has 0 unspecified atom stereocenters. The summed E-state index contributed by atoms with van der Waals surface area (Å²) in [5.74, 6) is -0.486. The summed E-state index contributed by atoms with van der Waals surface area (Å²) in [6.45, 7) is 1.66. The Labute approximate surface area is 206 Å². The number of hydrogen-bond donors (Lipinski definition) is 2. The van der Waals surface area contributed by atoms with E-state index in [0.29, 0.717) is 22.9 Å². The van der Waals surface area contributed by atoms with Crippen molar-refractivity contribution >= 4 is 33.2 Å². The number of amides is 1. The van der Waals surface area contributed by atoms with Gasteiger partial charge in [0, 0.05) is 5.02 Å². The molecular formula is C24H22ClF3N2O4S. The molecular weight excluding hydrogens is 505 g/mol. The average Bonchev–Trinajstić information content (AvgIpc) is 2.79. The molecule has 0 spiro atoms. The second-order valence-electron chi connectivity index (χ2n) is 7.67. The zero-order valence-electron chi connectivity index (χ0n) is 18.7. The largest absolute Gasteiger partial charge is 0.496 e. The molecule has 0 aliphatic carbocycles. The lowest BCUT2D eigenvalue weighted by Crippen LogP contribution is -2.45. The van der Waals surface area contributed by atoms with Crippen LogP contribution in [0.25, 0.3) is 0 Å². The molecule has 0 aromatic heterocycles. The van der Waals surface area contributed by atoms with Crippen LogP contribution in [0.4, 0.5) is 18.9 Å². The van der Waals surface area contributed by atoms with Gasteiger partial charge in [0.05, 0.1) is 23.3 Å². The fourth-order valence-corrected chi connectivity index (χ4v) is 4.84.